The predicted octanol–water partition coefficient (Wildman–Crippen LogP) is 3.67. The number of benzene rings is 1. The maximum atomic E-state index is 11.9. The molecule has 1 rings (SSSR count). The van der Waals surface area contributed by atoms with Gasteiger partial charge in [0.05, 0.1) is 6.61 Å². The van der Waals surface area contributed by atoms with Crippen LogP contribution in [0.15, 0.2) is 30.3 Å². The van der Waals surface area contributed by atoms with Crippen LogP contribution in [0, 0.1) is 0 Å². The summed E-state index contributed by atoms with van der Waals surface area (Å²) < 4.78 is 0. The summed E-state index contributed by atoms with van der Waals surface area (Å²) in [5.41, 5.74) is 2.24. The van der Waals surface area contributed by atoms with Crippen LogP contribution in [-0.4, -0.2) is 29.4 Å². The highest BCUT2D eigenvalue weighted by Gasteiger charge is 2.15. The van der Waals surface area contributed by atoms with Gasteiger partial charge in [0.15, 0.2) is 5.78 Å². The Morgan fingerprint density at radius 3 is 2.32 bits per heavy atom. The monoisotopic (exact) mass is 345 g/mol. The van der Waals surface area contributed by atoms with E-state index >= 15 is 0 Å². The molecule has 4 heteroatoms. The molecule has 0 aromatic heterocycles. The number of carbonyl (C=O) groups is 2. The molecule has 0 unspecified atom stereocenters. The molecule has 0 aliphatic carbocycles. The SMILES string of the molecule is CCCCCCCCc1ccc(/C=C/C(=O)[C@H](CO)NC(C)=O)cc1. The lowest BCUT2D eigenvalue weighted by Gasteiger charge is -2.11. The number of rotatable bonds is 12. The van der Waals surface area contributed by atoms with Crippen LogP contribution in [-0.2, 0) is 16.0 Å². The number of aliphatic hydroxyl groups is 1. The van der Waals surface area contributed by atoms with Gasteiger partial charge in [-0.2, -0.15) is 0 Å². The van der Waals surface area contributed by atoms with E-state index in [0.717, 1.165) is 12.0 Å². The number of hydrogen-bond acceptors (Lipinski definition) is 3. The van der Waals surface area contributed by atoms with Gasteiger partial charge >= 0.3 is 0 Å². The second-order valence-electron chi connectivity index (χ2n) is 6.43. The van der Waals surface area contributed by atoms with Crippen molar-refractivity contribution in [2.45, 2.75) is 64.8 Å². The van der Waals surface area contributed by atoms with E-state index in [-0.39, 0.29) is 11.7 Å². The van der Waals surface area contributed by atoms with Crippen molar-refractivity contribution in [2.75, 3.05) is 6.61 Å². The van der Waals surface area contributed by atoms with Gasteiger partial charge in [0.2, 0.25) is 5.91 Å². The van der Waals surface area contributed by atoms with Gasteiger partial charge in [0.25, 0.3) is 0 Å². The van der Waals surface area contributed by atoms with Crippen molar-refractivity contribution in [1.82, 2.24) is 5.32 Å². The number of unbranched alkanes of at least 4 members (excludes halogenated alkanes) is 5. The zero-order valence-corrected chi connectivity index (χ0v) is 15.5. The third-order valence-electron chi connectivity index (χ3n) is 4.14. The lowest BCUT2D eigenvalue weighted by Crippen LogP contribution is -2.41. The van der Waals surface area contributed by atoms with Gasteiger partial charge in [-0.25, -0.2) is 0 Å². The van der Waals surface area contributed by atoms with E-state index in [4.69, 9.17) is 5.11 Å². The average Bonchev–Trinajstić information content (AvgIpc) is 2.61. The van der Waals surface area contributed by atoms with Crippen LogP contribution >= 0.6 is 0 Å². The lowest BCUT2D eigenvalue weighted by molar-refractivity contribution is -0.125. The molecule has 138 valence electrons. The summed E-state index contributed by atoms with van der Waals surface area (Å²) in [6, 6.07) is 7.28. The zero-order chi connectivity index (χ0) is 18.5. The van der Waals surface area contributed by atoms with Gasteiger partial charge in [-0.1, -0.05) is 69.4 Å². The van der Waals surface area contributed by atoms with Crippen molar-refractivity contribution in [3.05, 3.63) is 41.5 Å². The van der Waals surface area contributed by atoms with E-state index in [9.17, 15) is 9.59 Å². The molecule has 0 saturated heterocycles. The molecule has 0 aliphatic heterocycles. The highest BCUT2D eigenvalue weighted by molar-refractivity contribution is 5.99. The molecule has 0 spiro atoms. The number of aliphatic hydroxyl groups excluding tert-OH is 1. The molecular weight excluding hydrogens is 314 g/mol. The topological polar surface area (TPSA) is 66.4 Å². The van der Waals surface area contributed by atoms with Crippen molar-refractivity contribution in [2.24, 2.45) is 0 Å². The fraction of sp³-hybridized carbons (Fsp3) is 0.524. The first-order chi connectivity index (χ1) is 12.1. The Morgan fingerprint density at radius 2 is 1.72 bits per heavy atom. The van der Waals surface area contributed by atoms with E-state index in [0.29, 0.717) is 0 Å². The van der Waals surface area contributed by atoms with Gasteiger partial charge in [-0.15, -0.1) is 0 Å². The van der Waals surface area contributed by atoms with Gasteiger partial charge in [0.1, 0.15) is 6.04 Å². The fourth-order valence-corrected chi connectivity index (χ4v) is 2.65. The van der Waals surface area contributed by atoms with Crippen LogP contribution in [0.1, 0.15) is 63.5 Å². The number of aryl methyl sites for hydroxylation is 1. The van der Waals surface area contributed by atoms with Crippen LogP contribution in [0.5, 0.6) is 0 Å². The number of amides is 1. The first-order valence-corrected chi connectivity index (χ1v) is 9.25. The van der Waals surface area contributed by atoms with Crippen molar-refractivity contribution < 1.29 is 14.7 Å². The van der Waals surface area contributed by atoms with E-state index < -0.39 is 12.6 Å². The van der Waals surface area contributed by atoms with Gasteiger partial charge in [-0.05, 0) is 30.0 Å². The average molecular weight is 345 g/mol. The summed E-state index contributed by atoms with van der Waals surface area (Å²) in [7, 11) is 0. The lowest BCUT2D eigenvalue weighted by atomic mass is 10.0. The summed E-state index contributed by atoms with van der Waals surface area (Å²) in [6.07, 6.45) is 12.0. The molecule has 0 fully saturated rings. The van der Waals surface area contributed by atoms with Crippen LogP contribution in [0.25, 0.3) is 6.08 Å². The van der Waals surface area contributed by atoms with Gasteiger partial charge < -0.3 is 10.4 Å². The Hall–Kier alpha value is -1.94. The maximum Gasteiger partial charge on any atom is 0.217 e. The first-order valence-electron chi connectivity index (χ1n) is 9.25. The molecule has 1 aromatic carbocycles. The summed E-state index contributed by atoms with van der Waals surface area (Å²) in [5, 5.41) is 11.6. The Kier molecular flexibility index (Phi) is 10.5. The number of nitrogens with one attached hydrogen (secondary N) is 1. The van der Waals surface area contributed by atoms with E-state index in [1.807, 2.05) is 12.1 Å². The molecule has 0 bridgehead atoms. The molecule has 1 aromatic rings. The second kappa shape index (κ2) is 12.4. The standard InChI is InChI=1S/C21H31NO3/c1-3-4-5-6-7-8-9-18-10-12-19(13-11-18)14-15-21(25)20(16-23)22-17(2)24/h10-15,20,23H,3-9,16H2,1-2H3,(H,22,24)/b15-14+/t20-/m0/s1. The summed E-state index contributed by atoms with van der Waals surface area (Å²) >= 11 is 0. The molecule has 1 amide bonds. The highest BCUT2D eigenvalue weighted by atomic mass is 16.3. The van der Waals surface area contributed by atoms with Crippen LogP contribution in [0.2, 0.25) is 0 Å². The number of ketones is 1. The maximum absolute atomic E-state index is 11.9. The molecule has 0 heterocycles. The first kappa shape index (κ1) is 21.1. The van der Waals surface area contributed by atoms with Crippen molar-refractivity contribution in [1.29, 1.82) is 0 Å². The smallest absolute Gasteiger partial charge is 0.217 e. The Labute approximate surface area is 151 Å². The highest BCUT2D eigenvalue weighted by Crippen LogP contribution is 2.12. The van der Waals surface area contributed by atoms with Crippen LogP contribution in [0.3, 0.4) is 0 Å². The van der Waals surface area contributed by atoms with Crippen LogP contribution < -0.4 is 5.32 Å². The minimum absolute atomic E-state index is 0.311. The fourth-order valence-electron chi connectivity index (χ4n) is 2.65. The summed E-state index contributed by atoms with van der Waals surface area (Å²) in [6.45, 7) is 3.15. The van der Waals surface area contributed by atoms with E-state index in [1.165, 1.54) is 57.1 Å². The predicted molar refractivity (Wildman–Crippen MR) is 102 cm³/mol. The van der Waals surface area contributed by atoms with Crippen molar-refractivity contribution in [3.63, 3.8) is 0 Å². The Balaban J connectivity index is 2.42. The molecule has 25 heavy (non-hydrogen) atoms. The molecular formula is C21H31NO3. The Bertz CT molecular complexity index is 549. The minimum Gasteiger partial charge on any atom is -0.394 e. The summed E-state index contributed by atoms with van der Waals surface area (Å²) in [4.78, 5) is 22.9. The normalized spacial score (nSPS) is 12.3. The molecule has 0 aliphatic rings. The molecule has 0 radical (unpaired) electrons. The van der Waals surface area contributed by atoms with Gasteiger partial charge in [0, 0.05) is 6.92 Å². The number of carbonyl (C=O) groups excluding carboxylic acids is 2. The second-order valence-corrected chi connectivity index (χ2v) is 6.43. The zero-order valence-electron chi connectivity index (χ0n) is 15.5. The molecule has 0 saturated carbocycles. The molecule has 1 atom stereocenters. The number of hydrogen-bond donors (Lipinski definition) is 2. The van der Waals surface area contributed by atoms with Crippen molar-refractivity contribution in [3.8, 4) is 0 Å². The van der Waals surface area contributed by atoms with Crippen molar-refractivity contribution >= 4 is 17.8 Å². The largest absolute Gasteiger partial charge is 0.394 e. The Morgan fingerprint density at radius 1 is 1.08 bits per heavy atom. The molecule has 2 N–H and O–H groups in total. The quantitative estimate of drug-likeness (QED) is 0.449. The summed E-state index contributed by atoms with van der Waals surface area (Å²) in [5.74, 6) is -0.645. The molecule has 4 nitrogen and oxygen atoms in total. The van der Waals surface area contributed by atoms with E-state index in [2.05, 4.69) is 24.4 Å². The van der Waals surface area contributed by atoms with Gasteiger partial charge in [-0.3, -0.25) is 9.59 Å². The third-order valence-corrected chi connectivity index (χ3v) is 4.14. The van der Waals surface area contributed by atoms with Crippen LogP contribution in [0.4, 0.5) is 0 Å². The minimum atomic E-state index is -0.874. The third kappa shape index (κ3) is 9.20. The van der Waals surface area contributed by atoms with E-state index in [1.54, 1.807) is 6.08 Å².